The van der Waals surface area contributed by atoms with Crippen molar-refractivity contribution in [2.24, 2.45) is 0 Å². The molecule has 3 amide bonds. The average molecular weight is 462 g/mol. The van der Waals surface area contributed by atoms with Crippen LogP contribution >= 0.6 is 0 Å². The lowest BCUT2D eigenvalue weighted by molar-refractivity contribution is -0.118. The van der Waals surface area contributed by atoms with Gasteiger partial charge in [-0.3, -0.25) is 14.4 Å². The maximum atomic E-state index is 13.0. The quantitative estimate of drug-likeness (QED) is 0.445. The van der Waals surface area contributed by atoms with Crippen molar-refractivity contribution >= 4 is 29.1 Å². The van der Waals surface area contributed by atoms with E-state index in [-0.39, 0.29) is 17.4 Å². The SMILES string of the molecule is CC[C@H](NC(=O)c1ccccc1NC(=O)c1ccc(OC)cc1)C(=O)Nc1ccccc1OC. The first-order chi connectivity index (χ1) is 16.5. The number of amides is 3. The van der Waals surface area contributed by atoms with Crippen LogP contribution in [0.2, 0.25) is 0 Å². The second kappa shape index (κ2) is 11.5. The third-order valence-corrected chi connectivity index (χ3v) is 5.17. The number of methoxy groups -OCH3 is 2. The van der Waals surface area contributed by atoms with E-state index >= 15 is 0 Å². The predicted octanol–water partition coefficient (Wildman–Crippen LogP) is 4.10. The smallest absolute Gasteiger partial charge is 0.255 e. The van der Waals surface area contributed by atoms with Crippen molar-refractivity contribution in [2.45, 2.75) is 19.4 Å². The molecule has 3 aromatic carbocycles. The number of hydrogen-bond donors (Lipinski definition) is 3. The van der Waals surface area contributed by atoms with Gasteiger partial charge in [0.1, 0.15) is 17.5 Å². The summed E-state index contributed by atoms with van der Waals surface area (Å²) in [5.41, 5.74) is 1.50. The Morgan fingerprint density at radius 3 is 2.06 bits per heavy atom. The van der Waals surface area contributed by atoms with Crippen molar-refractivity contribution in [3.05, 3.63) is 83.9 Å². The molecule has 176 valence electrons. The van der Waals surface area contributed by atoms with Gasteiger partial charge in [-0.2, -0.15) is 0 Å². The Balaban J connectivity index is 1.72. The van der Waals surface area contributed by atoms with E-state index in [9.17, 15) is 14.4 Å². The lowest BCUT2D eigenvalue weighted by Gasteiger charge is -2.19. The molecule has 0 aliphatic heterocycles. The first kappa shape index (κ1) is 24.3. The Morgan fingerprint density at radius 1 is 0.765 bits per heavy atom. The summed E-state index contributed by atoms with van der Waals surface area (Å²) in [7, 11) is 3.06. The standard InChI is InChI=1S/C26H27N3O5/c1-4-20(26(32)29-22-11-7-8-12-23(22)34-3)27-25(31)19-9-5-6-10-21(19)28-24(30)17-13-15-18(33-2)16-14-17/h5-16,20H,4H2,1-3H3,(H,27,31)(H,28,30)(H,29,32)/t20-/m0/s1. The summed E-state index contributed by atoms with van der Waals surface area (Å²) in [6.45, 7) is 1.80. The van der Waals surface area contributed by atoms with Gasteiger partial charge in [-0.05, 0) is 55.0 Å². The molecular weight excluding hydrogens is 434 g/mol. The lowest BCUT2D eigenvalue weighted by Crippen LogP contribution is -2.43. The number of anilines is 2. The minimum Gasteiger partial charge on any atom is -0.497 e. The van der Waals surface area contributed by atoms with Gasteiger partial charge in [-0.15, -0.1) is 0 Å². The second-order valence-corrected chi connectivity index (χ2v) is 7.35. The zero-order valence-corrected chi connectivity index (χ0v) is 19.3. The summed E-state index contributed by atoms with van der Waals surface area (Å²) < 4.78 is 10.4. The molecule has 0 aliphatic carbocycles. The summed E-state index contributed by atoms with van der Waals surface area (Å²) in [6.07, 6.45) is 0.368. The zero-order chi connectivity index (χ0) is 24.5. The fraction of sp³-hybridized carbons (Fsp3) is 0.192. The highest BCUT2D eigenvalue weighted by Gasteiger charge is 2.22. The van der Waals surface area contributed by atoms with Gasteiger partial charge < -0.3 is 25.4 Å². The highest BCUT2D eigenvalue weighted by atomic mass is 16.5. The van der Waals surface area contributed by atoms with Crippen molar-refractivity contribution in [2.75, 3.05) is 24.9 Å². The number of carbonyl (C=O) groups excluding carboxylic acids is 3. The molecule has 0 radical (unpaired) electrons. The molecule has 3 rings (SSSR count). The van der Waals surface area contributed by atoms with Gasteiger partial charge in [0.2, 0.25) is 5.91 Å². The lowest BCUT2D eigenvalue weighted by atomic mass is 10.1. The first-order valence-electron chi connectivity index (χ1n) is 10.8. The van der Waals surface area contributed by atoms with Crippen molar-refractivity contribution in [3.63, 3.8) is 0 Å². The fourth-order valence-electron chi connectivity index (χ4n) is 3.28. The number of carbonyl (C=O) groups is 3. The summed E-state index contributed by atoms with van der Waals surface area (Å²) in [4.78, 5) is 38.5. The summed E-state index contributed by atoms with van der Waals surface area (Å²) in [6, 6.07) is 19.5. The molecule has 0 fully saturated rings. The van der Waals surface area contributed by atoms with Crippen LogP contribution in [-0.2, 0) is 4.79 Å². The third-order valence-electron chi connectivity index (χ3n) is 5.17. The molecule has 0 aromatic heterocycles. The van der Waals surface area contributed by atoms with E-state index in [2.05, 4.69) is 16.0 Å². The minimum atomic E-state index is -0.789. The molecule has 34 heavy (non-hydrogen) atoms. The van der Waals surface area contributed by atoms with Crippen molar-refractivity contribution < 1.29 is 23.9 Å². The van der Waals surface area contributed by atoms with Gasteiger partial charge in [-0.25, -0.2) is 0 Å². The molecule has 0 unspecified atom stereocenters. The predicted molar refractivity (Wildman–Crippen MR) is 131 cm³/mol. The van der Waals surface area contributed by atoms with Gasteiger partial charge in [0.25, 0.3) is 11.8 Å². The number of nitrogens with one attached hydrogen (secondary N) is 3. The van der Waals surface area contributed by atoms with E-state index in [1.165, 1.54) is 7.11 Å². The zero-order valence-electron chi connectivity index (χ0n) is 19.3. The van der Waals surface area contributed by atoms with Gasteiger partial charge in [0.15, 0.2) is 0 Å². The van der Waals surface area contributed by atoms with Crippen LogP contribution in [0.15, 0.2) is 72.8 Å². The Kier molecular flexibility index (Phi) is 8.23. The molecule has 8 nitrogen and oxygen atoms in total. The average Bonchev–Trinajstić information content (AvgIpc) is 2.87. The Bertz CT molecular complexity index is 1160. The third kappa shape index (κ3) is 5.92. The van der Waals surface area contributed by atoms with Crippen LogP contribution in [0, 0.1) is 0 Å². The van der Waals surface area contributed by atoms with E-state index in [1.807, 2.05) is 0 Å². The van der Waals surface area contributed by atoms with Crippen LogP contribution in [-0.4, -0.2) is 38.0 Å². The first-order valence-corrected chi connectivity index (χ1v) is 10.8. The van der Waals surface area contributed by atoms with Crippen LogP contribution in [0.3, 0.4) is 0 Å². The molecule has 0 aliphatic rings. The summed E-state index contributed by atoms with van der Waals surface area (Å²) in [5, 5.41) is 8.30. The molecule has 3 aromatic rings. The van der Waals surface area contributed by atoms with E-state index in [0.717, 1.165) is 0 Å². The largest absolute Gasteiger partial charge is 0.497 e. The molecule has 3 N–H and O–H groups in total. The normalized spacial score (nSPS) is 11.1. The van der Waals surface area contributed by atoms with Crippen LogP contribution in [0.1, 0.15) is 34.1 Å². The Labute approximate surface area is 198 Å². The molecule has 8 heteroatoms. The molecular formula is C26H27N3O5. The highest BCUT2D eigenvalue weighted by molar-refractivity contribution is 6.10. The van der Waals surface area contributed by atoms with E-state index in [4.69, 9.17) is 9.47 Å². The van der Waals surface area contributed by atoms with Gasteiger partial charge in [-0.1, -0.05) is 31.2 Å². The maximum Gasteiger partial charge on any atom is 0.255 e. The Hall–Kier alpha value is -4.33. The number of ether oxygens (including phenoxy) is 2. The molecule has 0 heterocycles. The van der Waals surface area contributed by atoms with Crippen molar-refractivity contribution in [1.82, 2.24) is 5.32 Å². The van der Waals surface area contributed by atoms with Crippen molar-refractivity contribution in [1.29, 1.82) is 0 Å². The monoisotopic (exact) mass is 461 g/mol. The second-order valence-electron chi connectivity index (χ2n) is 7.35. The Morgan fingerprint density at radius 2 is 1.41 bits per heavy atom. The summed E-state index contributed by atoms with van der Waals surface area (Å²) >= 11 is 0. The van der Waals surface area contributed by atoms with E-state index in [1.54, 1.807) is 86.8 Å². The van der Waals surface area contributed by atoms with Crippen LogP contribution < -0.4 is 25.4 Å². The summed E-state index contributed by atoms with van der Waals surface area (Å²) in [5.74, 6) is -0.0754. The van der Waals surface area contributed by atoms with Crippen molar-refractivity contribution in [3.8, 4) is 11.5 Å². The van der Waals surface area contributed by atoms with E-state index < -0.39 is 11.9 Å². The number of benzene rings is 3. The minimum absolute atomic E-state index is 0.243. The van der Waals surface area contributed by atoms with Crippen LogP contribution in [0.4, 0.5) is 11.4 Å². The number of rotatable bonds is 9. The molecule has 1 atom stereocenters. The van der Waals surface area contributed by atoms with Gasteiger partial charge in [0.05, 0.1) is 31.2 Å². The molecule has 0 saturated carbocycles. The van der Waals surface area contributed by atoms with Gasteiger partial charge in [0, 0.05) is 5.56 Å². The molecule has 0 spiro atoms. The van der Waals surface area contributed by atoms with Crippen LogP contribution in [0.25, 0.3) is 0 Å². The maximum absolute atomic E-state index is 13.0. The van der Waals surface area contributed by atoms with Gasteiger partial charge >= 0.3 is 0 Å². The van der Waals surface area contributed by atoms with E-state index in [0.29, 0.717) is 34.9 Å². The number of para-hydroxylation sites is 3. The van der Waals surface area contributed by atoms with Crippen LogP contribution in [0.5, 0.6) is 11.5 Å². The molecule has 0 saturated heterocycles. The number of hydrogen-bond acceptors (Lipinski definition) is 5. The fourth-order valence-corrected chi connectivity index (χ4v) is 3.28. The topological polar surface area (TPSA) is 106 Å². The molecule has 0 bridgehead atoms. The highest BCUT2D eigenvalue weighted by Crippen LogP contribution is 2.23.